The first-order chi connectivity index (χ1) is 14.5. The number of carbonyl (C=O) groups is 3. The molecule has 168 valence electrons. The molecule has 3 rings (SSSR count). The molecule has 1 aliphatic heterocycles. The summed E-state index contributed by atoms with van der Waals surface area (Å²) in [6.07, 6.45) is 5.11. The highest BCUT2D eigenvalue weighted by atomic mass is 32.1. The van der Waals surface area contributed by atoms with Crippen molar-refractivity contribution >= 4 is 29.6 Å². The predicted molar refractivity (Wildman–Crippen MR) is 114 cm³/mol. The van der Waals surface area contributed by atoms with Crippen LogP contribution < -0.4 is 10.6 Å². The summed E-state index contributed by atoms with van der Waals surface area (Å²) < 4.78 is 4.99. The van der Waals surface area contributed by atoms with Gasteiger partial charge >= 0.3 is 0 Å². The van der Waals surface area contributed by atoms with Gasteiger partial charge < -0.3 is 20.5 Å². The van der Waals surface area contributed by atoms with Crippen molar-refractivity contribution in [3.05, 3.63) is 16.1 Å². The second-order valence-electron chi connectivity index (χ2n) is 7.65. The van der Waals surface area contributed by atoms with Gasteiger partial charge in [-0.3, -0.25) is 19.3 Å². The number of nitrogens with zero attached hydrogens (tertiary/aromatic N) is 2. The molecule has 0 unspecified atom stereocenters. The highest BCUT2D eigenvalue weighted by Crippen LogP contribution is 2.35. The summed E-state index contributed by atoms with van der Waals surface area (Å²) in [6, 6.07) is 0.569. The number of hydrogen-bond donors (Lipinski definition) is 3. The Kier molecular flexibility index (Phi) is 10.2. The van der Waals surface area contributed by atoms with E-state index in [-0.39, 0.29) is 24.3 Å². The first-order valence-electron chi connectivity index (χ1n) is 10.3. The standard InChI is InChI=1S/C19H30N4O3S.CH2O2/c1-13-18(27-12-22-13)19(25)21-10-16-6-5-15(23(16)11-14-3-4-14)9-17(24)20-7-8-26-2;2-1-3/h12,14-16H,3-11H2,1-2H3,(H,20,24)(H,21,25);1H,(H,2,3)/t15-,16+;/m1./s1. The smallest absolute Gasteiger partial charge is 0.290 e. The first-order valence-corrected chi connectivity index (χ1v) is 11.2. The van der Waals surface area contributed by atoms with Gasteiger partial charge in [-0.2, -0.15) is 0 Å². The van der Waals surface area contributed by atoms with E-state index < -0.39 is 0 Å². The number of carboxylic acid groups (broad SMARTS) is 1. The Labute approximate surface area is 181 Å². The van der Waals surface area contributed by atoms with E-state index in [9.17, 15) is 9.59 Å². The molecule has 1 saturated heterocycles. The minimum Gasteiger partial charge on any atom is -0.483 e. The lowest BCUT2D eigenvalue weighted by molar-refractivity contribution is -0.123. The second kappa shape index (κ2) is 12.6. The van der Waals surface area contributed by atoms with Crippen LogP contribution in [0.2, 0.25) is 0 Å². The number of likely N-dealkylation sites (tertiary alicyclic amines) is 1. The van der Waals surface area contributed by atoms with Crippen molar-refractivity contribution < 1.29 is 24.2 Å². The third-order valence-electron chi connectivity index (χ3n) is 5.44. The van der Waals surface area contributed by atoms with E-state index in [0.717, 1.165) is 31.0 Å². The molecule has 0 aromatic carbocycles. The van der Waals surface area contributed by atoms with E-state index in [1.165, 1.54) is 24.2 Å². The number of carbonyl (C=O) groups excluding carboxylic acids is 2. The molecule has 9 nitrogen and oxygen atoms in total. The SMILES string of the molecule is COCCNC(=O)C[C@H]1CC[C@@H](CNC(=O)c2scnc2C)N1CC1CC1.O=CO. The van der Waals surface area contributed by atoms with Crippen molar-refractivity contribution in [3.63, 3.8) is 0 Å². The van der Waals surface area contributed by atoms with Gasteiger partial charge in [-0.25, -0.2) is 4.98 Å². The fourth-order valence-electron chi connectivity index (χ4n) is 3.74. The lowest BCUT2D eigenvalue weighted by atomic mass is 10.1. The van der Waals surface area contributed by atoms with Crippen LogP contribution in [-0.4, -0.2) is 78.7 Å². The maximum Gasteiger partial charge on any atom is 0.290 e. The highest BCUT2D eigenvalue weighted by Gasteiger charge is 2.38. The lowest BCUT2D eigenvalue weighted by Gasteiger charge is -2.30. The molecule has 1 saturated carbocycles. The van der Waals surface area contributed by atoms with Crippen molar-refractivity contribution in [3.8, 4) is 0 Å². The molecule has 2 heterocycles. The van der Waals surface area contributed by atoms with Crippen LogP contribution in [0.15, 0.2) is 5.51 Å². The van der Waals surface area contributed by atoms with Crippen molar-refractivity contribution in [1.82, 2.24) is 20.5 Å². The Morgan fingerprint density at radius 2 is 2.00 bits per heavy atom. The Hall–Kier alpha value is -2.04. The molecule has 2 aliphatic rings. The molecule has 10 heteroatoms. The molecular formula is C20H32N4O5S. The van der Waals surface area contributed by atoms with Crippen LogP contribution in [0, 0.1) is 12.8 Å². The van der Waals surface area contributed by atoms with Gasteiger partial charge in [0.05, 0.1) is 17.8 Å². The fourth-order valence-corrected chi connectivity index (χ4v) is 4.46. The Bertz CT molecular complexity index is 694. The average Bonchev–Trinajstić information content (AvgIpc) is 3.31. The molecule has 0 radical (unpaired) electrons. The van der Waals surface area contributed by atoms with Gasteiger partial charge in [-0.05, 0) is 38.5 Å². The van der Waals surface area contributed by atoms with E-state index in [1.54, 1.807) is 12.6 Å². The number of ether oxygens (including phenoxy) is 1. The zero-order chi connectivity index (χ0) is 21.9. The van der Waals surface area contributed by atoms with Crippen LogP contribution >= 0.6 is 11.3 Å². The number of thiazole rings is 1. The van der Waals surface area contributed by atoms with Gasteiger partial charge in [0.2, 0.25) is 5.91 Å². The largest absolute Gasteiger partial charge is 0.483 e. The van der Waals surface area contributed by atoms with Crippen LogP contribution in [0.25, 0.3) is 0 Å². The van der Waals surface area contributed by atoms with Crippen molar-refractivity contribution in [2.24, 2.45) is 5.92 Å². The summed E-state index contributed by atoms with van der Waals surface area (Å²) in [4.78, 5) is 40.3. The molecule has 1 aromatic rings. The van der Waals surface area contributed by atoms with Crippen LogP contribution in [0.3, 0.4) is 0 Å². The Balaban J connectivity index is 0.00000101. The zero-order valence-electron chi connectivity index (χ0n) is 17.6. The van der Waals surface area contributed by atoms with E-state index in [2.05, 4.69) is 20.5 Å². The molecule has 0 bridgehead atoms. The minimum absolute atomic E-state index is 0.0397. The second-order valence-corrected chi connectivity index (χ2v) is 8.51. The molecule has 3 N–H and O–H groups in total. The zero-order valence-corrected chi connectivity index (χ0v) is 18.5. The number of aryl methyl sites for hydroxylation is 1. The normalized spacial score (nSPS) is 20.9. The third-order valence-corrected chi connectivity index (χ3v) is 6.36. The highest BCUT2D eigenvalue weighted by molar-refractivity contribution is 7.11. The van der Waals surface area contributed by atoms with E-state index in [1.807, 2.05) is 6.92 Å². The van der Waals surface area contributed by atoms with Gasteiger partial charge in [-0.15, -0.1) is 11.3 Å². The molecule has 30 heavy (non-hydrogen) atoms. The van der Waals surface area contributed by atoms with Gasteiger partial charge in [-0.1, -0.05) is 0 Å². The van der Waals surface area contributed by atoms with Crippen molar-refractivity contribution in [2.45, 2.75) is 51.1 Å². The number of nitrogens with one attached hydrogen (secondary N) is 2. The quantitative estimate of drug-likeness (QED) is 0.370. The van der Waals surface area contributed by atoms with Gasteiger partial charge in [0.15, 0.2) is 0 Å². The van der Waals surface area contributed by atoms with Crippen molar-refractivity contribution in [2.75, 3.05) is 33.4 Å². The van der Waals surface area contributed by atoms with Gasteiger partial charge in [0.1, 0.15) is 4.88 Å². The van der Waals surface area contributed by atoms with Gasteiger partial charge in [0.25, 0.3) is 12.4 Å². The summed E-state index contributed by atoms with van der Waals surface area (Å²) in [6.45, 7) is 4.37. The van der Waals surface area contributed by atoms with Crippen LogP contribution in [0.5, 0.6) is 0 Å². The molecule has 0 spiro atoms. The fraction of sp³-hybridized carbons (Fsp3) is 0.700. The molecule has 2 fully saturated rings. The Morgan fingerprint density at radius 1 is 1.30 bits per heavy atom. The molecular weight excluding hydrogens is 408 g/mol. The van der Waals surface area contributed by atoms with Gasteiger partial charge in [0, 0.05) is 45.2 Å². The number of rotatable bonds is 10. The third kappa shape index (κ3) is 7.66. The Morgan fingerprint density at radius 3 is 2.60 bits per heavy atom. The predicted octanol–water partition coefficient (Wildman–Crippen LogP) is 1.28. The number of methoxy groups -OCH3 is 1. The monoisotopic (exact) mass is 440 g/mol. The summed E-state index contributed by atoms with van der Waals surface area (Å²) in [5.74, 6) is 0.800. The molecule has 2 atom stereocenters. The molecule has 1 aliphatic carbocycles. The van der Waals surface area contributed by atoms with E-state index in [0.29, 0.717) is 37.0 Å². The van der Waals surface area contributed by atoms with Crippen molar-refractivity contribution in [1.29, 1.82) is 0 Å². The van der Waals surface area contributed by atoms with E-state index in [4.69, 9.17) is 14.6 Å². The number of amides is 2. The molecule has 1 aromatic heterocycles. The summed E-state index contributed by atoms with van der Waals surface area (Å²) in [7, 11) is 1.63. The lowest BCUT2D eigenvalue weighted by Crippen LogP contribution is -2.45. The van der Waals surface area contributed by atoms with Crippen LogP contribution in [-0.2, 0) is 14.3 Å². The average molecular weight is 441 g/mol. The minimum atomic E-state index is -0.250. The van der Waals surface area contributed by atoms with Crippen LogP contribution in [0.1, 0.15) is 47.5 Å². The molecule has 2 amide bonds. The summed E-state index contributed by atoms with van der Waals surface area (Å²) >= 11 is 1.38. The maximum absolute atomic E-state index is 12.4. The number of aromatic nitrogens is 1. The van der Waals surface area contributed by atoms with E-state index >= 15 is 0 Å². The summed E-state index contributed by atoms with van der Waals surface area (Å²) in [5.41, 5.74) is 2.49. The number of hydrogen-bond acceptors (Lipinski definition) is 7. The maximum atomic E-state index is 12.4. The topological polar surface area (TPSA) is 121 Å². The summed E-state index contributed by atoms with van der Waals surface area (Å²) in [5, 5.41) is 12.9. The first kappa shape index (κ1) is 24.2. The van der Waals surface area contributed by atoms with Crippen LogP contribution in [0.4, 0.5) is 0 Å².